The molecule has 0 unspecified atom stereocenters. The Morgan fingerprint density at radius 3 is 1.24 bits per heavy atom. The molecule has 0 atom stereocenters. The topological polar surface area (TPSA) is 333 Å². The second-order valence-corrected chi connectivity index (χ2v) is 14.2. The van der Waals surface area contributed by atoms with Crippen LogP contribution in [0.3, 0.4) is 0 Å². The lowest BCUT2D eigenvalue weighted by Crippen LogP contribution is -2.04. The molecule has 63 heavy (non-hydrogen) atoms. The fraction of sp³-hybridized carbons (Fsp3) is 0. The highest BCUT2D eigenvalue weighted by Crippen LogP contribution is 2.54. The van der Waals surface area contributed by atoms with Gasteiger partial charge in [-0.15, -0.1) is 0 Å². The molecule has 0 aliphatic heterocycles. The molecule has 0 amide bonds. The van der Waals surface area contributed by atoms with Crippen molar-refractivity contribution in [2.45, 2.75) is 0 Å². The first-order valence-electron chi connectivity index (χ1n) is 18.1. The quantitative estimate of drug-likeness (QED) is 0.0791. The Labute approximate surface area is 347 Å². The Hall–Kier alpha value is -9.45. The molecule has 18 nitrogen and oxygen atoms in total. The van der Waals surface area contributed by atoms with Crippen molar-refractivity contribution in [2.75, 3.05) is 0 Å². The number of phenols is 12. The van der Waals surface area contributed by atoms with Crippen molar-refractivity contribution in [3.63, 3.8) is 0 Å². The Bertz CT molecular complexity index is 3670. The van der Waals surface area contributed by atoms with Crippen molar-refractivity contribution >= 4 is 32.9 Å². The van der Waals surface area contributed by atoms with Crippen LogP contribution < -0.4 is 16.3 Å². The van der Waals surface area contributed by atoms with Crippen LogP contribution in [-0.2, 0) is 0 Å². The van der Waals surface area contributed by atoms with Gasteiger partial charge in [-0.3, -0.25) is 14.4 Å². The first-order valence-corrected chi connectivity index (χ1v) is 18.1. The predicted molar refractivity (Wildman–Crippen MR) is 222 cm³/mol. The first-order chi connectivity index (χ1) is 29.9. The van der Waals surface area contributed by atoms with Gasteiger partial charge in [-0.05, 0) is 42.5 Å². The molecule has 0 spiro atoms. The van der Waals surface area contributed by atoms with Crippen molar-refractivity contribution in [3.8, 4) is 125 Å². The van der Waals surface area contributed by atoms with E-state index in [-0.39, 0.29) is 44.8 Å². The summed E-state index contributed by atoms with van der Waals surface area (Å²) in [5.74, 6) is -10.2. The summed E-state index contributed by atoms with van der Waals surface area (Å²) >= 11 is 0. The van der Waals surface area contributed by atoms with Gasteiger partial charge in [-0.2, -0.15) is 0 Å². The maximum absolute atomic E-state index is 14.0. The number of fused-ring (bicyclic) bond motifs is 3. The maximum atomic E-state index is 14.0. The molecule has 18 heteroatoms. The van der Waals surface area contributed by atoms with Crippen molar-refractivity contribution in [1.29, 1.82) is 0 Å². The van der Waals surface area contributed by atoms with Crippen LogP contribution in [0.15, 0.2) is 113 Å². The van der Waals surface area contributed by atoms with Crippen LogP contribution in [0.1, 0.15) is 0 Å². The summed E-state index contributed by atoms with van der Waals surface area (Å²) in [7, 11) is 0. The zero-order chi connectivity index (χ0) is 44.9. The Morgan fingerprint density at radius 1 is 0.317 bits per heavy atom. The maximum Gasteiger partial charge on any atom is 0.197 e. The summed E-state index contributed by atoms with van der Waals surface area (Å²) in [6, 6.07) is 14.1. The van der Waals surface area contributed by atoms with E-state index in [2.05, 4.69) is 0 Å². The number of benzene rings is 6. The largest absolute Gasteiger partial charge is 0.508 e. The monoisotopic (exact) mass is 854 g/mol. The number of rotatable bonds is 5. The molecule has 0 saturated carbocycles. The van der Waals surface area contributed by atoms with E-state index >= 15 is 0 Å². The average molecular weight is 855 g/mol. The number of aromatic hydroxyl groups is 12. The van der Waals surface area contributed by atoms with E-state index in [1.165, 1.54) is 6.07 Å². The van der Waals surface area contributed by atoms with Gasteiger partial charge < -0.3 is 74.5 Å². The minimum atomic E-state index is -1.03. The lowest BCUT2D eigenvalue weighted by Gasteiger charge is -2.18. The molecule has 3 heterocycles. The Morgan fingerprint density at radius 2 is 0.746 bits per heavy atom. The minimum absolute atomic E-state index is 0.136. The van der Waals surface area contributed by atoms with E-state index in [1.54, 1.807) is 0 Å². The summed E-state index contributed by atoms with van der Waals surface area (Å²) in [4.78, 5) is 40.5. The SMILES string of the molecule is O=c1cc(-c2ccc(O)c(O)c2-c2c(O)cc3oc(-c4ccc(O)c(O)c4-c4c(O)cc5oc(-c6ccc(O)c(O)c6)cc(=O)c5c4O)cc(=O)c3c2O)oc2cc(O)cc(O)c12. The van der Waals surface area contributed by atoms with Crippen molar-refractivity contribution < 1.29 is 74.5 Å². The molecule has 0 radical (unpaired) electrons. The average Bonchev–Trinajstić information content (AvgIpc) is 3.21. The van der Waals surface area contributed by atoms with Gasteiger partial charge >= 0.3 is 0 Å². The van der Waals surface area contributed by atoms with Gasteiger partial charge in [-0.1, -0.05) is 0 Å². The highest BCUT2D eigenvalue weighted by Gasteiger charge is 2.30. The Kier molecular flexibility index (Phi) is 8.56. The van der Waals surface area contributed by atoms with Gasteiger partial charge in [-0.25, -0.2) is 0 Å². The highest BCUT2D eigenvalue weighted by molar-refractivity contribution is 6.03. The minimum Gasteiger partial charge on any atom is -0.508 e. The van der Waals surface area contributed by atoms with Gasteiger partial charge in [0.1, 0.15) is 84.7 Å². The fourth-order valence-corrected chi connectivity index (χ4v) is 7.49. The molecule has 0 fully saturated rings. The zero-order valence-corrected chi connectivity index (χ0v) is 31.4. The van der Waals surface area contributed by atoms with Crippen LogP contribution in [0.4, 0.5) is 0 Å². The predicted octanol–water partition coefficient (Wildman–Crippen LogP) is 6.81. The lowest BCUT2D eigenvalue weighted by atomic mass is 9.92. The fourth-order valence-electron chi connectivity index (χ4n) is 7.49. The van der Waals surface area contributed by atoms with E-state index < -0.39 is 130 Å². The van der Waals surface area contributed by atoms with Crippen LogP contribution in [-0.4, -0.2) is 61.3 Å². The standard InChI is InChI=1S/C45H26O18/c46-16-8-23(51)37-24(52)11-30(62-32(37)9-16)17-2-5-20(48)42(57)35(17)41-28(56)14-34-39(45(41)60)26(54)12-31(63-34)18-3-6-21(49)43(58)36(18)40-27(55)13-33-38(44(40)59)25(53)10-29(61-33)15-1-4-19(47)22(50)7-15/h1-14,46-51,55-60H. The second-order valence-electron chi connectivity index (χ2n) is 14.2. The smallest absolute Gasteiger partial charge is 0.197 e. The van der Waals surface area contributed by atoms with Crippen LogP contribution in [0, 0.1) is 0 Å². The second kappa shape index (κ2) is 13.8. The van der Waals surface area contributed by atoms with Crippen LogP contribution >= 0.6 is 0 Å². The molecule has 9 rings (SSSR count). The summed E-state index contributed by atoms with van der Waals surface area (Å²) < 4.78 is 17.5. The van der Waals surface area contributed by atoms with Crippen LogP contribution in [0.25, 0.3) is 89.1 Å². The summed E-state index contributed by atoms with van der Waals surface area (Å²) in [6.07, 6.45) is 0. The third-order valence-electron chi connectivity index (χ3n) is 10.3. The molecule has 0 saturated heterocycles. The third kappa shape index (κ3) is 6.00. The molecular formula is C45H26O18. The molecule has 3 aromatic heterocycles. The molecule has 314 valence electrons. The first kappa shape index (κ1) is 39.0. The van der Waals surface area contributed by atoms with E-state index in [0.717, 1.165) is 78.9 Å². The zero-order valence-electron chi connectivity index (χ0n) is 31.4. The van der Waals surface area contributed by atoms with E-state index in [1.807, 2.05) is 0 Å². The number of phenolic OH excluding ortho intramolecular Hbond substituents is 12. The van der Waals surface area contributed by atoms with Crippen LogP contribution in [0.2, 0.25) is 0 Å². The number of hydrogen-bond donors (Lipinski definition) is 12. The molecule has 6 aromatic carbocycles. The summed E-state index contributed by atoms with van der Waals surface area (Å²) in [6.45, 7) is 0. The van der Waals surface area contributed by atoms with Gasteiger partial charge in [0, 0.05) is 70.3 Å². The molecule has 0 aliphatic rings. The lowest BCUT2D eigenvalue weighted by molar-refractivity contribution is 0.403. The van der Waals surface area contributed by atoms with Gasteiger partial charge in [0.05, 0.1) is 11.1 Å². The molecular weight excluding hydrogens is 828 g/mol. The van der Waals surface area contributed by atoms with Crippen LogP contribution in [0.5, 0.6) is 69.0 Å². The van der Waals surface area contributed by atoms with Gasteiger partial charge in [0.15, 0.2) is 50.8 Å². The Balaban J connectivity index is 1.22. The molecule has 0 bridgehead atoms. The van der Waals surface area contributed by atoms with Crippen molar-refractivity contribution in [1.82, 2.24) is 0 Å². The molecule has 12 N–H and O–H groups in total. The third-order valence-corrected chi connectivity index (χ3v) is 10.3. The number of hydrogen-bond acceptors (Lipinski definition) is 18. The van der Waals surface area contributed by atoms with Crippen molar-refractivity contribution in [3.05, 3.63) is 116 Å². The van der Waals surface area contributed by atoms with Gasteiger partial charge in [0.2, 0.25) is 0 Å². The van der Waals surface area contributed by atoms with E-state index in [9.17, 15) is 75.7 Å². The normalized spacial score (nSPS) is 11.5. The summed E-state index contributed by atoms with van der Waals surface area (Å²) in [5.41, 5.74) is -6.73. The van der Waals surface area contributed by atoms with E-state index in [0.29, 0.717) is 0 Å². The van der Waals surface area contributed by atoms with Gasteiger partial charge in [0.25, 0.3) is 0 Å². The summed E-state index contributed by atoms with van der Waals surface area (Å²) in [5, 5.41) is 128. The molecule has 0 aliphatic carbocycles. The highest BCUT2D eigenvalue weighted by atomic mass is 16.4. The van der Waals surface area contributed by atoms with E-state index in [4.69, 9.17) is 13.3 Å². The molecule has 9 aromatic rings. The van der Waals surface area contributed by atoms with Crippen molar-refractivity contribution in [2.24, 2.45) is 0 Å².